The number of hydrogen-bond donors (Lipinski definition) is 1. The maximum Gasteiger partial charge on any atom is 0.0952 e. The molecule has 0 unspecified atom stereocenters. The fourth-order valence-corrected chi connectivity index (χ4v) is 2.65. The maximum absolute atomic E-state index is 5.88. The first kappa shape index (κ1) is 7.44. The van der Waals surface area contributed by atoms with Crippen molar-refractivity contribution in [2.45, 2.75) is 19.3 Å². The average Bonchev–Trinajstić information content (AvgIpc) is 2.17. The summed E-state index contributed by atoms with van der Waals surface area (Å²) in [7, 11) is 0. The number of anilines is 1. The molecule has 1 aromatic rings. The number of hydrogen-bond acceptors (Lipinski definition) is 2. The minimum absolute atomic E-state index is 0.907. The van der Waals surface area contributed by atoms with E-state index in [0.717, 1.165) is 10.9 Å². The average molecular weight is 188 g/mol. The molecule has 1 nitrogen and oxygen atoms in total. The molecule has 0 bridgehead atoms. The van der Waals surface area contributed by atoms with Crippen molar-refractivity contribution in [2.75, 3.05) is 11.9 Å². The van der Waals surface area contributed by atoms with Crippen LogP contribution in [-0.2, 0) is 6.42 Å². The zero-order valence-corrected chi connectivity index (χ0v) is 7.76. The molecule has 2 heterocycles. The predicted octanol–water partition coefficient (Wildman–Crippen LogP) is 3.15. The van der Waals surface area contributed by atoms with Crippen LogP contribution in [0.4, 0.5) is 5.69 Å². The Kier molecular flexibility index (Phi) is 2.05. The van der Waals surface area contributed by atoms with Crippen molar-refractivity contribution in [2.24, 2.45) is 0 Å². The molecule has 0 spiro atoms. The normalized spacial score (nSPS) is 16.8. The summed E-state index contributed by atoms with van der Waals surface area (Å²) in [6.45, 7) is 1.10. The van der Waals surface area contributed by atoms with Gasteiger partial charge in [-0.3, -0.25) is 0 Å². The number of fused-ring (bicyclic) bond motifs is 1. The van der Waals surface area contributed by atoms with E-state index in [1.54, 1.807) is 11.3 Å². The Labute approximate surface area is 75.4 Å². The summed E-state index contributed by atoms with van der Waals surface area (Å²) in [5, 5.41) is 3.37. The van der Waals surface area contributed by atoms with Gasteiger partial charge in [-0.25, -0.2) is 0 Å². The molecule has 1 aliphatic heterocycles. The van der Waals surface area contributed by atoms with E-state index in [2.05, 4.69) is 5.32 Å². The SMILES string of the molecule is Clc1cc2c(s1)CCCCN2. The molecule has 60 valence electrons. The number of nitrogens with one attached hydrogen (secondary N) is 1. The summed E-state index contributed by atoms with van der Waals surface area (Å²) >= 11 is 7.59. The Balaban J connectivity index is 2.32. The van der Waals surface area contributed by atoms with Gasteiger partial charge in [0.1, 0.15) is 0 Å². The summed E-state index contributed by atoms with van der Waals surface area (Å²) in [5.41, 5.74) is 1.26. The molecule has 2 rings (SSSR count). The van der Waals surface area contributed by atoms with Crippen molar-refractivity contribution in [3.05, 3.63) is 15.3 Å². The van der Waals surface area contributed by atoms with Crippen molar-refractivity contribution < 1.29 is 0 Å². The molecule has 0 aliphatic carbocycles. The van der Waals surface area contributed by atoms with Gasteiger partial charge in [0, 0.05) is 17.1 Å². The van der Waals surface area contributed by atoms with Gasteiger partial charge in [-0.15, -0.1) is 11.3 Å². The third-order valence-corrected chi connectivity index (χ3v) is 3.25. The third kappa shape index (κ3) is 1.52. The van der Waals surface area contributed by atoms with Gasteiger partial charge in [0.05, 0.1) is 4.34 Å². The lowest BCUT2D eigenvalue weighted by Gasteiger charge is -1.98. The molecule has 0 fully saturated rings. The topological polar surface area (TPSA) is 12.0 Å². The number of rotatable bonds is 0. The lowest BCUT2D eigenvalue weighted by atomic mass is 10.2. The van der Waals surface area contributed by atoms with E-state index < -0.39 is 0 Å². The van der Waals surface area contributed by atoms with Gasteiger partial charge < -0.3 is 5.32 Å². The molecule has 1 aliphatic rings. The van der Waals surface area contributed by atoms with Crippen LogP contribution in [-0.4, -0.2) is 6.54 Å². The highest BCUT2D eigenvalue weighted by Crippen LogP contribution is 2.33. The van der Waals surface area contributed by atoms with E-state index in [1.165, 1.54) is 29.8 Å². The number of halogens is 1. The van der Waals surface area contributed by atoms with E-state index in [4.69, 9.17) is 11.6 Å². The van der Waals surface area contributed by atoms with Crippen LogP contribution in [0, 0.1) is 0 Å². The summed E-state index contributed by atoms with van der Waals surface area (Å²) in [4.78, 5) is 1.42. The molecule has 0 saturated carbocycles. The van der Waals surface area contributed by atoms with E-state index in [-0.39, 0.29) is 0 Å². The van der Waals surface area contributed by atoms with Crippen LogP contribution in [0.3, 0.4) is 0 Å². The van der Waals surface area contributed by atoms with Crippen molar-refractivity contribution in [3.63, 3.8) is 0 Å². The van der Waals surface area contributed by atoms with Crippen LogP contribution >= 0.6 is 22.9 Å². The third-order valence-electron chi connectivity index (χ3n) is 1.92. The molecule has 0 aromatic carbocycles. The maximum atomic E-state index is 5.88. The van der Waals surface area contributed by atoms with Crippen molar-refractivity contribution >= 4 is 28.6 Å². The van der Waals surface area contributed by atoms with Gasteiger partial charge in [-0.2, -0.15) is 0 Å². The van der Waals surface area contributed by atoms with Gasteiger partial charge >= 0.3 is 0 Å². The summed E-state index contributed by atoms with van der Waals surface area (Å²) < 4.78 is 0.907. The smallest absolute Gasteiger partial charge is 0.0952 e. The molecular formula is C8H10ClNS. The zero-order chi connectivity index (χ0) is 7.68. The second kappa shape index (κ2) is 3.03. The molecule has 1 N–H and O–H groups in total. The Hall–Kier alpha value is -0.210. The fourth-order valence-electron chi connectivity index (χ4n) is 1.37. The summed E-state index contributed by atoms with van der Waals surface area (Å²) in [6.07, 6.45) is 3.76. The standard InChI is InChI=1S/C8H10ClNS/c9-8-5-6-7(11-8)3-1-2-4-10-6/h5,10H,1-4H2. The quantitative estimate of drug-likeness (QED) is 0.658. The first-order valence-corrected chi connectivity index (χ1v) is 5.08. The lowest BCUT2D eigenvalue weighted by Crippen LogP contribution is -1.97. The van der Waals surface area contributed by atoms with Crippen LogP contribution < -0.4 is 5.32 Å². The fraction of sp³-hybridized carbons (Fsp3) is 0.500. The Bertz CT molecular complexity index is 233. The molecule has 0 amide bonds. The van der Waals surface area contributed by atoms with Crippen LogP contribution in [0.5, 0.6) is 0 Å². The Morgan fingerprint density at radius 1 is 1.45 bits per heavy atom. The molecule has 0 radical (unpaired) electrons. The summed E-state index contributed by atoms with van der Waals surface area (Å²) in [6, 6.07) is 2.03. The molecule has 1 aromatic heterocycles. The Morgan fingerprint density at radius 3 is 3.27 bits per heavy atom. The van der Waals surface area contributed by atoms with E-state index in [9.17, 15) is 0 Å². The van der Waals surface area contributed by atoms with Gasteiger partial charge in [0.15, 0.2) is 0 Å². The van der Waals surface area contributed by atoms with E-state index in [0.29, 0.717) is 0 Å². The van der Waals surface area contributed by atoms with Crippen molar-refractivity contribution in [1.29, 1.82) is 0 Å². The largest absolute Gasteiger partial charge is 0.384 e. The highest BCUT2D eigenvalue weighted by atomic mass is 35.5. The van der Waals surface area contributed by atoms with Crippen molar-refractivity contribution in [1.82, 2.24) is 0 Å². The highest BCUT2D eigenvalue weighted by molar-refractivity contribution is 7.16. The molecule has 3 heteroatoms. The second-order valence-corrected chi connectivity index (χ2v) is 4.54. The van der Waals surface area contributed by atoms with Gasteiger partial charge in [-0.1, -0.05) is 11.6 Å². The van der Waals surface area contributed by atoms with Gasteiger partial charge in [0.2, 0.25) is 0 Å². The first-order chi connectivity index (χ1) is 5.36. The minimum Gasteiger partial charge on any atom is -0.384 e. The van der Waals surface area contributed by atoms with Crippen molar-refractivity contribution in [3.8, 4) is 0 Å². The number of thiophene rings is 1. The van der Waals surface area contributed by atoms with Crippen LogP contribution in [0.1, 0.15) is 17.7 Å². The van der Waals surface area contributed by atoms with Gasteiger partial charge in [-0.05, 0) is 25.3 Å². The van der Waals surface area contributed by atoms with Crippen LogP contribution in [0.15, 0.2) is 6.07 Å². The first-order valence-electron chi connectivity index (χ1n) is 3.88. The van der Waals surface area contributed by atoms with Crippen LogP contribution in [0.2, 0.25) is 4.34 Å². The molecule has 11 heavy (non-hydrogen) atoms. The summed E-state index contributed by atoms with van der Waals surface area (Å²) in [5.74, 6) is 0. The second-order valence-electron chi connectivity index (χ2n) is 2.77. The Morgan fingerprint density at radius 2 is 2.36 bits per heavy atom. The van der Waals surface area contributed by atoms with Crippen LogP contribution in [0.25, 0.3) is 0 Å². The monoisotopic (exact) mass is 187 g/mol. The van der Waals surface area contributed by atoms with E-state index in [1.807, 2.05) is 6.07 Å². The van der Waals surface area contributed by atoms with E-state index >= 15 is 0 Å². The highest BCUT2D eigenvalue weighted by Gasteiger charge is 2.09. The molecule has 0 atom stereocenters. The lowest BCUT2D eigenvalue weighted by molar-refractivity contribution is 0.790. The predicted molar refractivity (Wildman–Crippen MR) is 50.8 cm³/mol. The minimum atomic E-state index is 0.907. The zero-order valence-electron chi connectivity index (χ0n) is 6.19. The number of aryl methyl sites for hydroxylation is 1. The molecule has 0 saturated heterocycles. The van der Waals surface area contributed by atoms with Gasteiger partial charge in [0.25, 0.3) is 0 Å². The molecular weight excluding hydrogens is 178 g/mol.